The van der Waals surface area contributed by atoms with Crippen molar-refractivity contribution in [3.8, 4) is 0 Å². The third-order valence-electron chi connectivity index (χ3n) is 3.46. The van der Waals surface area contributed by atoms with Crippen molar-refractivity contribution >= 4 is 21.6 Å². The van der Waals surface area contributed by atoms with Gasteiger partial charge in [0.15, 0.2) is 0 Å². The number of nitrogens with one attached hydrogen (secondary N) is 2. The highest BCUT2D eigenvalue weighted by Gasteiger charge is 2.18. The quantitative estimate of drug-likeness (QED) is 0.854. The van der Waals surface area contributed by atoms with Gasteiger partial charge in [-0.05, 0) is 37.6 Å². The second kappa shape index (κ2) is 7.28. The van der Waals surface area contributed by atoms with Crippen LogP contribution in [0, 0.1) is 0 Å². The van der Waals surface area contributed by atoms with Crippen LogP contribution in [0.5, 0.6) is 0 Å². The molecule has 1 atom stereocenters. The van der Waals surface area contributed by atoms with Crippen LogP contribution in [0.1, 0.15) is 30.6 Å². The molecule has 0 spiro atoms. The lowest BCUT2D eigenvalue weighted by atomic mass is 10.1. The molecule has 0 radical (unpaired) electrons. The number of hydrogen-bond donors (Lipinski definition) is 2. The molecule has 0 aliphatic carbocycles. The number of para-hydroxylation sites is 1. The topological polar surface area (TPSA) is 75.3 Å². The van der Waals surface area contributed by atoms with E-state index in [-0.39, 0.29) is 22.5 Å². The SMILES string of the molecule is CC[C@H](C)NC(=O)c1ccccc1NS(=O)(=O)c1ccccc1. The van der Waals surface area contributed by atoms with Crippen LogP contribution in [0.15, 0.2) is 59.5 Å². The summed E-state index contributed by atoms with van der Waals surface area (Å²) in [5.74, 6) is -0.300. The molecule has 6 heteroatoms. The number of carbonyl (C=O) groups is 1. The Morgan fingerprint density at radius 3 is 2.30 bits per heavy atom. The predicted octanol–water partition coefficient (Wildman–Crippen LogP) is 3.02. The summed E-state index contributed by atoms with van der Waals surface area (Å²) in [6, 6.07) is 14.6. The van der Waals surface area contributed by atoms with E-state index in [4.69, 9.17) is 0 Å². The molecule has 5 nitrogen and oxygen atoms in total. The van der Waals surface area contributed by atoms with Gasteiger partial charge in [0.05, 0.1) is 16.1 Å². The zero-order valence-corrected chi connectivity index (χ0v) is 13.9. The van der Waals surface area contributed by atoms with E-state index < -0.39 is 10.0 Å². The van der Waals surface area contributed by atoms with E-state index in [0.29, 0.717) is 5.56 Å². The molecule has 0 aliphatic rings. The van der Waals surface area contributed by atoms with Crippen molar-refractivity contribution in [3.05, 3.63) is 60.2 Å². The van der Waals surface area contributed by atoms with Crippen LogP contribution in [0.25, 0.3) is 0 Å². The fourth-order valence-corrected chi connectivity index (χ4v) is 3.08. The highest BCUT2D eigenvalue weighted by Crippen LogP contribution is 2.20. The molecular weight excluding hydrogens is 312 g/mol. The fraction of sp³-hybridized carbons (Fsp3) is 0.235. The number of amides is 1. The Morgan fingerprint density at radius 1 is 1.04 bits per heavy atom. The maximum atomic E-state index is 12.4. The summed E-state index contributed by atoms with van der Waals surface area (Å²) in [7, 11) is -3.73. The molecule has 23 heavy (non-hydrogen) atoms. The van der Waals surface area contributed by atoms with Gasteiger partial charge in [0.2, 0.25) is 0 Å². The van der Waals surface area contributed by atoms with Crippen molar-refractivity contribution in [2.24, 2.45) is 0 Å². The fourth-order valence-electron chi connectivity index (χ4n) is 1.98. The molecule has 2 N–H and O–H groups in total. The van der Waals surface area contributed by atoms with Gasteiger partial charge in [-0.3, -0.25) is 9.52 Å². The van der Waals surface area contributed by atoms with Crippen LogP contribution < -0.4 is 10.0 Å². The van der Waals surface area contributed by atoms with Gasteiger partial charge in [0.1, 0.15) is 0 Å². The molecule has 0 aliphatic heterocycles. The van der Waals surface area contributed by atoms with Gasteiger partial charge in [-0.25, -0.2) is 8.42 Å². The second-order valence-electron chi connectivity index (χ2n) is 5.25. The number of hydrogen-bond acceptors (Lipinski definition) is 3. The van der Waals surface area contributed by atoms with E-state index >= 15 is 0 Å². The van der Waals surface area contributed by atoms with Crippen molar-refractivity contribution in [1.29, 1.82) is 0 Å². The molecule has 0 unspecified atom stereocenters. The van der Waals surface area contributed by atoms with Crippen LogP contribution in [0.3, 0.4) is 0 Å². The first-order valence-electron chi connectivity index (χ1n) is 7.42. The number of benzene rings is 2. The normalized spacial score (nSPS) is 12.4. The predicted molar refractivity (Wildman–Crippen MR) is 90.9 cm³/mol. The van der Waals surface area contributed by atoms with Gasteiger partial charge < -0.3 is 5.32 Å². The van der Waals surface area contributed by atoms with Crippen LogP contribution in [0.2, 0.25) is 0 Å². The molecule has 0 saturated carbocycles. The number of sulfonamides is 1. The monoisotopic (exact) mass is 332 g/mol. The average Bonchev–Trinajstić information content (AvgIpc) is 2.55. The van der Waals surface area contributed by atoms with Crippen molar-refractivity contribution in [2.45, 2.75) is 31.2 Å². The molecule has 0 saturated heterocycles. The molecule has 0 bridgehead atoms. The maximum Gasteiger partial charge on any atom is 0.261 e. The smallest absolute Gasteiger partial charge is 0.261 e. The Labute approximate surface area is 136 Å². The molecule has 2 rings (SSSR count). The van der Waals surface area contributed by atoms with Gasteiger partial charge in [-0.1, -0.05) is 37.3 Å². The number of carbonyl (C=O) groups excluding carboxylic acids is 1. The third kappa shape index (κ3) is 4.32. The van der Waals surface area contributed by atoms with Gasteiger partial charge in [-0.2, -0.15) is 0 Å². The van der Waals surface area contributed by atoms with Crippen LogP contribution in [-0.2, 0) is 10.0 Å². The largest absolute Gasteiger partial charge is 0.350 e. The van der Waals surface area contributed by atoms with Crippen molar-refractivity contribution in [2.75, 3.05) is 4.72 Å². The Morgan fingerprint density at radius 2 is 1.65 bits per heavy atom. The van der Waals surface area contributed by atoms with Crippen molar-refractivity contribution < 1.29 is 13.2 Å². The van der Waals surface area contributed by atoms with Crippen LogP contribution >= 0.6 is 0 Å². The summed E-state index contributed by atoms with van der Waals surface area (Å²) < 4.78 is 27.3. The van der Waals surface area contributed by atoms with Crippen molar-refractivity contribution in [1.82, 2.24) is 5.32 Å². The van der Waals surface area contributed by atoms with Gasteiger partial charge in [0.25, 0.3) is 15.9 Å². The summed E-state index contributed by atoms with van der Waals surface area (Å²) >= 11 is 0. The number of anilines is 1. The van der Waals surface area contributed by atoms with E-state index in [2.05, 4.69) is 10.0 Å². The Bertz CT molecular complexity index is 773. The summed E-state index contributed by atoms with van der Waals surface area (Å²) in [5, 5.41) is 2.84. The van der Waals surface area contributed by atoms with Crippen LogP contribution in [0.4, 0.5) is 5.69 Å². The van der Waals surface area contributed by atoms with E-state index in [0.717, 1.165) is 6.42 Å². The maximum absolute atomic E-state index is 12.4. The summed E-state index contributed by atoms with van der Waals surface area (Å²) in [5.41, 5.74) is 0.560. The van der Waals surface area contributed by atoms with Gasteiger partial charge in [0, 0.05) is 6.04 Å². The molecule has 1 amide bonds. The second-order valence-corrected chi connectivity index (χ2v) is 6.93. The van der Waals surface area contributed by atoms with Gasteiger partial charge in [-0.15, -0.1) is 0 Å². The molecule has 2 aromatic carbocycles. The zero-order chi connectivity index (χ0) is 16.9. The first kappa shape index (κ1) is 17.0. The Kier molecular flexibility index (Phi) is 5.39. The minimum Gasteiger partial charge on any atom is -0.350 e. The van der Waals surface area contributed by atoms with Crippen molar-refractivity contribution in [3.63, 3.8) is 0 Å². The lowest BCUT2D eigenvalue weighted by molar-refractivity contribution is 0.0940. The minimum absolute atomic E-state index is 0.0151. The molecule has 122 valence electrons. The van der Waals surface area contributed by atoms with E-state index in [1.807, 2.05) is 13.8 Å². The van der Waals surface area contributed by atoms with E-state index in [9.17, 15) is 13.2 Å². The highest BCUT2D eigenvalue weighted by molar-refractivity contribution is 7.92. The average molecular weight is 332 g/mol. The van der Waals surface area contributed by atoms with E-state index in [1.54, 1.807) is 42.5 Å². The molecule has 2 aromatic rings. The highest BCUT2D eigenvalue weighted by atomic mass is 32.2. The lowest BCUT2D eigenvalue weighted by Crippen LogP contribution is -2.32. The molecule has 0 aromatic heterocycles. The first-order valence-corrected chi connectivity index (χ1v) is 8.90. The number of rotatable bonds is 6. The lowest BCUT2D eigenvalue weighted by Gasteiger charge is -2.15. The third-order valence-corrected chi connectivity index (χ3v) is 4.84. The summed E-state index contributed by atoms with van der Waals surface area (Å²) in [4.78, 5) is 12.5. The summed E-state index contributed by atoms with van der Waals surface area (Å²) in [6.45, 7) is 3.86. The Hall–Kier alpha value is -2.34. The van der Waals surface area contributed by atoms with Gasteiger partial charge >= 0.3 is 0 Å². The molecular formula is C17H20N2O3S. The Balaban J connectivity index is 2.29. The first-order chi connectivity index (χ1) is 10.9. The molecule has 0 fully saturated rings. The standard InChI is InChI=1S/C17H20N2O3S/c1-3-13(2)18-17(20)15-11-7-8-12-16(15)19-23(21,22)14-9-5-4-6-10-14/h4-13,19H,3H2,1-2H3,(H,18,20)/t13-/m0/s1. The van der Waals surface area contributed by atoms with E-state index in [1.165, 1.54) is 12.1 Å². The zero-order valence-electron chi connectivity index (χ0n) is 13.1. The van der Waals surface area contributed by atoms with Crippen LogP contribution in [-0.4, -0.2) is 20.4 Å². The molecule has 0 heterocycles. The minimum atomic E-state index is -3.73. The summed E-state index contributed by atoms with van der Waals surface area (Å²) in [6.07, 6.45) is 0.795.